The van der Waals surface area contributed by atoms with Crippen molar-refractivity contribution in [2.45, 2.75) is 32.4 Å². The zero-order valence-electron chi connectivity index (χ0n) is 17.6. The molecular formula is C20H27N5O4S. The highest BCUT2D eigenvalue weighted by Gasteiger charge is 2.39. The van der Waals surface area contributed by atoms with E-state index in [0.29, 0.717) is 43.0 Å². The first-order valence-corrected chi connectivity index (χ1v) is 11.1. The van der Waals surface area contributed by atoms with Gasteiger partial charge in [-0.05, 0) is 37.5 Å². The van der Waals surface area contributed by atoms with Crippen LogP contribution in [-0.2, 0) is 16.8 Å². The molecule has 0 aliphatic carbocycles. The average Bonchev–Trinajstić information content (AvgIpc) is 3.23. The van der Waals surface area contributed by atoms with Crippen LogP contribution in [0.25, 0.3) is 0 Å². The van der Waals surface area contributed by atoms with Gasteiger partial charge in [0.15, 0.2) is 0 Å². The molecule has 1 aliphatic rings. The number of hydrogen-bond acceptors (Lipinski definition) is 6. The lowest BCUT2D eigenvalue weighted by atomic mass is 10.1. The van der Waals surface area contributed by atoms with Gasteiger partial charge < -0.3 is 10.1 Å². The lowest BCUT2D eigenvalue weighted by Gasteiger charge is -2.27. The largest absolute Gasteiger partial charge is 0.497 e. The van der Waals surface area contributed by atoms with Crippen molar-refractivity contribution in [2.75, 3.05) is 27.7 Å². The fraction of sp³-hybridized carbons (Fsp3) is 0.450. The number of rotatable bonds is 7. The second-order valence-corrected chi connectivity index (χ2v) is 9.40. The van der Waals surface area contributed by atoms with E-state index in [-0.39, 0.29) is 5.91 Å². The Morgan fingerprint density at radius 2 is 2.00 bits per heavy atom. The van der Waals surface area contributed by atoms with Crippen molar-refractivity contribution in [1.29, 1.82) is 0 Å². The number of amides is 1. The Kier molecular flexibility index (Phi) is 6.69. The number of aromatic nitrogens is 2. The van der Waals surface area contributed by atoms with Crippen LogP contribution in [0.1, 0.15) is 46.3 Å². The van der Waals surface area contributed by atoms with E-state index in [4.69, 9.17) is 4.74 Å². The SMILES string of the molecule is COc1ccc(CNC(=O)c2cnc(C)nc2C2CCCN2S(=O)(=O)N(C)C)cc1. The van der Waals surface area contributed by atoms with Gasteiger partial charge in [-0.3, -0.25) is 4.79 Å². The minimum absolute atomic E-state index is 0.292. The topological polar surface area (TPSA) is 105 Å². The van der Waals surface area contributed by atoms with Crippen molar-refractivity contribution < 1.29 is 17.9 Å². The van der Waals surface area contributed by atoms with Crippen LogP contribution in [0.15, 0.2) is 30.5 Å². The van der Waals surface area contributed by atoms with E-state index in [1.54, 1.807) is 14.0 Å². The Balaban J connectivity index is 1.84. The third kappa shape index (κ3) is 4.61. The summed E-state index contributed by atoms with van der Waals surface area (Å²) in [7, 11) is 0.964. The molecule has 30 heavy (non-hydrogen) atoms. The molecule has 2 heterocycles. The zero-order chi connectivity index (χ0) is 21.9. The van der Waals surface area contributed by atoms with E-state index in [1.807, 2.05) is 24.3 Å². The third-order valence-electron chi connectivity index (χ3n) is 5.07. The molecule has 1 aromatic heterocycles. The van der Waals surface area contributed by atoms with E-state index in [2.05, 4.69) is 15.3 Å². The van der Waals surface area contributed by atoms with Crippen LogP contribution >= 0.6 is 0 Å². The van der Waals surface area contributed by atoms with Gasteiger partial charge in [-0.15, -0.1) is 0 Å². The van der Waals surface area contributed by atoms with Gasteiger partial charge in [-0.1, -0.05) is 12.1 Å². The number of ether oxygens (including phenoxy) is 1. The number of nitrogens with one attached hydrogen (secondary N) is 1. The fourth-order valence-electron chi connectivity index (χ4n) is 3.44. The molecule has 1 amide bonds. The van der Waals surface area contributed by atoms with Crippen molar-refractivity contribution in [3.63, 3.8) is 0 Å². The molecule has 1 fully saturated rings. The number of benzene rings is 1. The first-order valence-electron chi connectivity index (χ1n) is 9.68. The summed E-state index contributed by atoms with van der Waals surface area (Å²) in [5.74, 6) is 0.892. The smallest absolute Gasteiger partial charge is 0.282 e. The fourth-order valence-corrected chi connectivity index (χ4v) is 4.74. The minimum atomic E-state index is -3.63. The first kappa shape index (κ1) is 22.1. The van der Waals surface area contributed by atoms with Crippen LogP contribution in [-0.4, -0.2) is 60.7 Å². The van der Waals surface area contributed by atoms with Crippen molar-refractivity contribution in [3.8, 4) is 5.75 Å². The summed E-state index contributed by atoms with van der Waals surface area (Å²) in [5, 5.41) is 2.87. The van der Waals surface area contributed by atoms with Crippen LogP contribution in [0.4, 0.5) is 0 Å². The molecule has 1 N–H and O–H groups in total. The number of hydrogen-bond donors (Lipinski definition) is 1. The Labute approximate surface area is 177 Å². The average molecular weight is 434 g/mol. The van der Waals surface area contributed by atoms with Gasteiger partial charge in [-0.2, -0.15) is 17.0 Å². The summed E-state index contributed by atoms with van der Waals surface area (Å²) in [6, 6.07) is 6.89. The summed E-state index contributed by atoms with van der Waals surface area (Å²) in [5.41, 5.74) is 1.65. The molecule has 10 heteroatoms. The van der Waals surface area contributed by atoms with Crippen LogP contribution in [0.3, 0.4) is 0 Å². The van der Waals surface area contributed by atoms with E-state index in [9.17, 15) is 13.2 Å². The van der Waals surface area contributed by atoms with Gasteiger partial charge in [0.2, 0.25) is 0 Å². The van der Waals surface area contributed by atoms with Crippen molar-refractivity contribution in [1.82, 2.24) is 23.9 Å². The highest BCUT2D eigenvalue weighted by Crippen LogP contribution is 2.35. The van der Waals surface area contributed by atoms with Gasteiger partial charge in [-0.25, -0.2) is 9.97 Å². The van der Waals surface area contributed by atoms with Crippen LogP contribution < -0.4 is 10.1 Å². The molecule has 0 bridgehead atoms. The second-order valence-electron chi connectivity index (χ2n) is 7.31. The Bertz CT molecular complexity index is 1010. The van der Waals surface area contributed by atoms with Gasteiger partial charge in [0, 0.05) is 33.4 Å². The van der Waals surface area contributed by atoms with E-state index in [1.165, 1.54) is 28.9 Å². The molecule has 0 saturated carbocycles. The minimum Gasteiger partial charge on any atom is -0.497 e. The molecule has 0 spiro atoms. The summed E-state index contributed by atoms with van der Waals surface area (Å²) in [4.78, 5) is 21.6. The lowest BCUT2D eigenvalue weighted by molar-refractivity contribution is 0.0947. The molecule has 9 nitrogen and oxygen atoms in total. The van der Waals surface area contributed by atoms with Gasteiger partial charge in [0.1, 0.15) is 11.6 Å². The number of methoxy groups -OCH3 is 1. The Morgan fingerprint density at radius 1 is 1.30 bits per heavy atom. The van der Waals surface area contributed by atoms with Crippen molar-refractivity contribution >= 4 is 16.1 Å². The summed E-state index contributed by atoms with van der Waals surface area (Å²) in [6.45, 7) is 2.43. The van der Waals surface area contributed by atoms with Gasteiger partial charge in [0.25, 0.3) is 16.1 Å². The van der Waals surface area contributed by atoms with Gasteiger partial charge >= 0.3 is 0 Å². The van der Waals surface area contributed by atoms with Crippen LogP contribution in [0.2, 0.25) is 0 Å². The highest BCUT2D eigenvalue weighted by atomic mass is 32.2. The predicted octanol–water partition coefficient (Wildman–Crippen LogP) is 1.67. The number of aryl methyl sites for hydroxylation is 1. The van der Waals surface area contributed by atoms with E-state index < -0.39 is 16.3 Å². The second kappa shape index (κ2) is 9.07. The molecule has 2 aromatic rings. The number of carbonyl (C=O) groups excluding carboxylic acids is 1. The molecule has 1 atom stereocenters. The molecule has 1 saturated heterocycles. The lowest BCUT2D eigenvalue weighted by Crippen LogP contribution is -2.40. The van der Waals surface area contributed by atoms with Crippen LogP contribution in [0, 0.1) is 6.92 Å². The maximum atomic E-state index is 12.9. The zero-order valence-corrected chi connectivity index (χ0v) is 18.4. The molecular weight excluding hydrogens is 406 g/mol. The van der Waals surface area contributed by atoms with Crippen LogP contribution in [0.5, 0.6) is 5.75 Å². The number of nitrogens with zero attached hydrogens (tertiary/aromatic N) is 4. The molecule has 1 aliphatic heterocycles. The summed E-state index contributed by atoms with van der Waals surface area (Å²) < 4.78 is 33.2. The van der Waals surface area contributed by atoms with Crippen molar-refractivity contribution in [2.24, 2.45) is 0 Å². The van der Waals surface area contributed by atoms with Crippen molar-refractivity contribution in [3.05, 3.63) is 53.1 Å². The summed E-state index contributed by atoms with van der Waals surface area (Å²) >= 11 is 0. The molecule has 3 rings (SSSR count). The van der Waals surface area contributed by atoms with E-state index >= 15 is 0 Å². The molecule has 1 unspecified atom stereocenters. The number of carbonyl (C=O) groups is 1. The quantitative estimate of drug-likeness (QED) is 0.712. The molecule has 1 aromatic carbocycles. The standard InChI is InChI=1S/C20H27N5O4S/c1-14-21-13-17(20(26)22-12-15-7-9-16(29-4)10-8-15)19(23-14)18-6-5-11-25(18)30(27,28)24(2)3/h7-10,13,18H,5-6,11-12H2,1-4H3,(H,22,26). The predicted molar refractivity (Wildman–Crippen MR) is 112 cm³/mol. The molecule has 0 radical (unpaired) electrons. The maximum absolute atomic E-state index is 12.9. The highest BCUT2D eigenvalue weighted by molar-refractivity contribution is 7.86. The molecule has 162 valence electrons. The normalized spacial score (nSPS) is 17.3. The Hall–Kier alpha value is -2.56. The van der Waals surface area contributed by atoms with Gasteiger partial charge in [0.05, 0.1) is 24.4 Å². The summed E-state index contributed by atoms with van der Waals surface area (Å²) in [6.07, 6.45) is 2.77. The maximum Gasteiger partial charge on any atom is 0.282 e. The first-order chi connectivity index (χ1) is 14.2. The Morgan fingerprint density at radius 3 is 2.63 bits per heavy atom. The van der Waals surface area contributed by atoms with E-state index in [0.717, 1.165) is 11.3 Å². The monoisotopic (exact) mass is 433 g/mol. The third-order valence-corrected chi connectivity index (χ3v) is 7.03.